The Hall–Kier alpha value is -8.60. The zero-order valence-electron chi connectivity index (χ0n) is 35.9. The fraction of sp³-hybridized carbons (Fsp3) is 0.0164. The van der Waals surface area contributed by atoms with Gasteiger partial charge in [0.05, 0.1) is 44.3 Å². The van der Waals surface area contributed by atoms with Gasteiger partial charge in [0, 0.05) is 66.0 Å². The van der Waals surface area contributed by atoms with Gasteiger partial charge in [-0.05, 0) is 127 Å². The van der Waals surface area contributed by atoms with Crippen molar-refractivity contribution in [1.82, 2.24) is 18.3 Å². The molecule has 306 valence electrons. The Morgan fingerprint density at radius 3 is 1.17 bits per heavy atom. The van der Waals surface area contributed by atoms with Crippen LogP contribution in [0.4, 0.5) is 0 Å². The van der Waals surface area contributed by atoms with Crippen molar-refractivity contribution in [3.05, 3.63) is 230 Å². The second kappa shape index (κ2) is 14.5. The van der Waals surface area contributed by atoms with E-state index >= 15 is 0 Å². The van der Waals surface area contributed by atoms with Crippen LogP contribution in [0.2, 0.25) is 0 Å². The van der Waals surface area contributed by atoms with Gasteiger partial charge in [-0.2, -0.15) is 0 Å². The maximum Gasteiger partial charge on any atom is 0.0542 e. The van der Waals surface area contributed by atoms with Gasteiger partial charge >= 0.3 is 0 Å². The molecule has 0 fully saturated rings. The molecule has 65 heavy (non-hydrogen) atoms. The average Bonchev–Trinajstić information content (AvgIpc) is 4.08. The van der Waals surface area contributed by atoms with Crippen LogP contribution in [0.15, 0.2) is 219 Å². The highest BCUT2D eigenvalue weighted by molar-refractivity contribution is 6.14. The zero-order chi connectivity index (χ0) is 43.2. The normalized spacial score (nSPS) is 12.1. The van der Waals surface area contributed by atoms with Gasteiger partial charge in [-0.15, -0.1) is 0 Å². The van der Waals surface area contributed by atoms with Gasteiger partial charge in [0.2, 0.25) is 0 Å². The average molecular weight is 831 g/mol. The van der Waals surface area contributed by atoms with Gasteiger partial charge in [-0.25, -0.2) is 0 Å². The molecule has 0 amide bonds. The lowest BCUT2D eigenvalue weighted by Crippen LogP contribution is -1.97. The lowest BCUT2D eigenvalue weighted by Gasteiger charge is -2.11. The van der Waals surface area contributed by atoms with Crippen molar-refractivity contribution < 1.29 is 0 Å². The maximum atomic E-state index is 4.29. The van der Waals surface area contributed by atoms with E-state index in [1.165, 1.54) is 81.9 Å². The third kappa shape index (κ3) is 5.51. The molecule has 0 aliphatic carbocycles. The smallest absolute Gasteiger partial charge is 0.0542 e. The lowest BCUT2D eigenvalue weighted by atomic mass is 10.0. The second-order valence-corrected chi connectivity index (χ2v) is 16.9. The summed E-state index contributed by atoms with van der Waals surface area (Å²) in [6.45, 7) is 6.36. The Kier molecular flexibility index (Phi) is 8.24. The number of rotatable bonds is 7. The van der Waals surface area contributed by atoms with Crippen LogP contribution in [0.3, 0.4) is 0 Å². The van der Waals surface area contributed by atoms with Gasteiger partial charge in [0.25, 0.3) is 0 Å². The van der Waals surface area contributed by atoms with Crippen molar-refractivity contribution in [2.75, 3.05) is 0 Å². The van der Waals surface area contributed by atoms with E-state index in [0.717, 1.165) is 39.5 Å². The van der Waals surface area contributed by atoms with E-state index in [2.05, 4.69) is 250 Å². The van der Waals surface area contributed by atoms with Gasteiger partial charge < -0.3 is 18.3 Å². The van der Waals surface area contributed by atoms with Crippen LogP contribution in [-0.2, 0) is 0 Å². The highest BCUT2D eigenvalue weighted by atomic mass is 15.0. The molecule has 0 saturated heterocycles. The van der Waals surface area contributed by atoms with Gasteiger partial charge in [0.15, 0.2) is 0 Å². The van der Waals surface area contributed by atoms with Crippen molar-refractivity contribution in [3.8, 4) is 33.9 Å². The van der Waals surface area contributed by atoms with E-state index in [-0.39, 0.29) is 0 Å². The van der Waals surface area contributed by atoms with Crippen LogP contribution in [0.5, 0.6) is 0 Å². The Morgan fingerprint density at radius 2 is 0.692 bits per heavy atom. The molecule has 4 nitrogen and oxygen atoms in total. The first-order valence-corrected chi connectivity index (χ1v) is 22.3. The summed E-state index contributed by atoms with van der Waals surface area (Å²) >= 11 is 0. The highest BCUT2D eigenvalue weighted by Gasteiger charge is 2.20. The van der Waals surface area contributed by atoms with E-state index in [1.807, 2.05) is 6.08 Å². The maximum absolute atomic E-state index is 4.29. The SMILES string of the molecule is C=Cc1c(/C=C\C)n(-c2ccccc2)c2ccc(-n3c4ccccc4c4cc(-c5ccc6c(c5)c5ccccc5n6-c5ccc6c(c5)c5ccccc5n6-c5ccccc5)ccc43)cc12. The van der Waals surface area contributed by atoms with E-state index in [1.54, 1.807) is 0 Å². The topological polar surface area (TPSA) is 19.7 Å². The summed E-state index contributed by atoms with van der Waals surface area (Å²) in [6, 6.07) is 75.4. The summed E-state index contributed by atoms with van der Waals surface area (Å²) in [5.41, 5.74) is 17.5. The predicted octanol–water partition coefficient (Wildman–Crippen LogP) is 16.3. The van der Waals surface area contributed by atoms with E-state index in [9.17, 15) is 0 Å². The summed E-state index contributed by atoms with van der Waals surface area (Å²) < 4.78 is 9.57. The zero-order valence-corrected chi connectivity index (χ0v) is 35.9. The number of hydrogen-bond donors (Lipinski definition) is 0. The molecular weight excluding hydrogens is 789 g/mol. The Balaban J connectivity index is 0.956. The van der Waals surface area contributed by atoms with Crippen molar-refractivity contribution in [2.45, 2.75) is 6.92 Å². The first-order valence-electron chi connectivity index (χ1n) is 22.3. The molecule has 0 radical (unpaired) electrons. The predicted molar refractivity (Wildman–Crippen MR) is 277 cm³/mol. The molecule has 0 atom stereocenters. The fourth-order valence-corrected chi connectivity index (χ4v) is 10.7. The molecule has 0 spiro atoms. The Bertz CT molecular complexity index is 4080. The minimum Gasteiger partial charge on any atom is -0.309 e. The summed E-state index contributed by atoms with van der Waals surface area (Å²) in [7, 11) is 0. The van der Waals surface area contributed by atoms with E-state index < -0.39 is 0 Å². The Labute approximate surface area is 376 Å². The van der Waals surface area contributed by atoms with Crippen LogP contribution in [0.25, 0.3) is 122 Å². The second-order valence-electron chi connectivity index (χ2n) is 16.9. The minimum absolute atomic E-state index is 1.12. The van der Waals surface area contributed by atoms with Crippen LogP contribution >= 0.6 is 0 Å². The van der Waals surface area contributed by atoms with Crippen molar-refractivity contribution in [3.63, 3.8) is 0 Å². The van der Waals surface area contributed by atoms with Crippen LogP contribution in [-0.4, -0.2) is 18.3 Å². The monoisotopic (exact) mass is 830 g/mol. The van der Waals surface area contributed by atoms with Gasteiger partial charge in [-0.3, -0.25) is 0 Å². The molecule has 4 heteroatoms. The molecule has 13 aromatic rings. The lowest BCUT2D eigenvalue weighted by molar-refractivity contribution is 1.10. The third-order valence-electron chi connectivity index (χ3n) is 13.4. The standard InChI is InChI=1S/C61H42N4/c1-3-17-54-46(4-2)52-38-44(30-34-60(52)62(54)42-18-7-5-8-19-42)64-56-26-15-11-22-47(56)50-36-40(28-32-58(50)64)41-29-33-59-51(37-41)48-23-12-16-27-57(48)65(59)45-31-35-61-53(39-45)49-24-13-14-25-55(49)63(61)43-20-9-6-10-21-43/h3-39H,2H2,1H3/b17-3-. The quantitative estimate of drug-likeness (QED) is 0.152. The third-order valence-corrected chi connectivity index (χ3v) is 13.4. The fourth-order valence-electron chi connectivity index (χ4n) is 10.7. The molecule has 0 bridgehead atoms. The number of para-hydroxylation sites is 5. The molecule has 0 unspecified atom stereocenters. The number of nitrogens with zero attached hydrogens (tertiary/aromatic N) is 4. The first-order chi connectivity index (χ1) is 32.2. The number of benzene rings is 9. The van der Waals surface area contributed by atoms with Gasteiger partial charge in [0.1, 0.15) is 0 Å². The first kappa shape index (κ1) is 37.0. The van der Waals surface area contributed by atoms with Crippen LogP contribution < -0.4 is 0 Å². The van der Waals surface area contributed by atoms with Crippen LogP contribution in [0, 0.1) is 0 Å². The summed E-state index contributed by atoms with van der Waals surface area (Å²) in [6.07, 6.45) is 6.29. The number of hydrogen-bond acceptors (Lipinski definition) is 0. The summed E-state index contributed by atoms with van der Waals surface area (Å²) in [5, 5.41) is 8.58. The molecule has 0 N–H and O–H groups in total. The van der Waals surface area contributed by atoms with Crippen molar-refractivity contribution >= 4 is 88.5 Å². The minimum atomic E-state index is 1.12. The molecule has 0 aliphatic rings. The molecular formula is C61H42N4. The largest absolute Gasteiger partial charge is 0.309 e. The molecule has 4 aromatic heterocycles. The number of fused-ring (bicyclic) bond motifs is 10. The number of allylic oxidation sites excluding steroid dienone is 1. The molecule has 4 heterocycles. The van der Waals surface area contributed by atoms with E-state index in [0.29, 0.717) is 0 Å². The van der Waals surface area contributed by atoms with Crippen molar-refractivity contribution in [2.24, 2.45) is 0 Å². The summed E-state index contributed by atoms with van der Waals surface area (Å²) in [5.74, 6) is 0. The Morgan fingerprint density at radius 1 is 0.323 bits per heavy atom. The van der Waals surface area contributed by atoms with Crippen LogP contribution in [0.1, 0.15) is 18.2 Å². The molecule has 9 aromatic carbocycles. The van der Waals surface area contributed by atoms with E-state index in [4.69, 9.17) is 0 Å². The molecule has 0 aliphatic heterocycles. The highest BCUT2D eigenvalue weighted by Crippen LogP contribution is 2.41. The molecule has 0 saturated carbocycles. The summed E-state index contributed by atoms with van der Waals surface area (Å²) in [4.78, 5) is 0. The van der Waals surface area contributed by atoms with Crippen molar-refractivity contribution in [1.29, 1.82) is 0 Å². The number of aromatic nitrogens is 4. The molecule has 13 rings (SSSR count). The van der Waals surface area contributed by atoms with Gasteiger partial charge in [-0.1, -0.05) is 122 Å².